The van der Waals surface area contributed by atoms with E-state index in [0.29, 0.717) is 10.6 Å². The van der Waals surface area contributed by atoms with Crippen molar-refractivity contribution in [1.82, 2.24) is 5.23 Å². The van der Waals surface area contributed by atoms with Gasteiger partial charge in [0, 0.05) is 5.02 Å². The van der Waals surface area contributed by atoms with Gasteiger partial charge in [0.15, 0.2) is 0 Å². The molecule has 0 saturated carbocycles. The summed E-state index contributed by atoms with van der Waals surface area (Å²) in [5.74, 6) is 0. The van der Waals surface area contributed by atoms with Crippen molar-refractivity contribution in [1.29, 1.82) is 0 Å². The lowest BCUT2D eigenvalue weighted by molar-refractivity contribution is -0.0546. The molecule has 0 radical (unpaired) electrons. The summed E-state index contributed by atoms with van der Waals surface area (Å²) < 4.78 is 0. The van der Waals surface area contributed by atoms with Gasteiger partial charge >= 0.3 is 0 Å². The quantitative estimate of drug-likeness (QED) is 0.512. The first-order valence-corrected chi connectivity index (χ1v) is 4.96. The van der Waals surface area contributed by atoms with Crippen LogP contribution in [0.15, 0.2) is 24.3 Å². The summed E-state index contributed by atoms with van der Waals surface area (Å²) in [5, 5.41) is 18.4. The molecule has 0 aromatic heterocycles. The van der Waals surface area contributed by atoms with Crippen LogP contribution in [0.4, 0.5) is 0 Å². The zero-order valence-electron chi connectivity index (χ0n) is 6.90. The van der Waals surface area contributed by atoms with Gasteiger partial charge in [0.1, 0.15) is 5.50 Å². The number of nitrogens with zero attached hydrogens (tertiary/aromatic N) is 1. The molecule has 0 aliphatic heterocycles. The summed E-state index contributed by atoms with van der Waals surface area (Å²) in [5.41, 5.74) is -0.608. The van der Waals surface area contributed by atoms with E-state index in [1.165, 1.54) is 0 Å². The Morgan fingerprint density at radius 3 is 2.14 bits per heavy atom. The Balaban J connectivity index is 2.78. The highest BCUT2D eigenvalue weighted by Crippen LogP contribution is 2.29. The van der Waals surface area contributed by atoms with Crippen LogP contribution in [0.25, 0.3) is 0 Å². The van der Waals surface area contributed by atoms with Gasteiger partial charge in [0.05, 0.1) is 5.38 Å². The molecule has 0 heterocycles. The van der Waals surface area contributed by atoms with Gasteiger partial charge in [-0.25, -0.2) is 5.23 Å². The molecule has 1 aromatic rings. The third-order valence-electron chi connectivity index (χ3n) is 1.64. The maximum absolute atomic E-state index is 10.5. The lowest BCUT2D eigenvalue weighted by atomic mass is 10.1. The third kappa shape index (κ3) is 2.98. The molecule has 2 unspecified atom stereocenters. The van der Waals surface area contributed by atoms with Crippen molar-refractivity contribution in [3.05, 3.63) is 40.1 Å². The first-order valence-electron chi connectivity index (χ1n) is 3.71. The fourth-order valence-corrected chi connectivity index (χ4v) is 1.43. The largest absolute Gasteiger partial charge is 0.761 e. The van der Waals surface area contributed by atoms with E-state index in [0.717, 1.165) is 0 Å². The first kappa shape index (κ1) is 12.0. The smallest absolute Gasteiger partial charge is 0.116 e. The van der Waals surface area contributed by atoms with E-state index >= 15 is 0 Å². The second-order valence-corrected chi connectivity index (χ2v) is 3.98. The summed E-state index contributed by atoms with van der Waals surface area (Å²) in [4.78, 5) is 0. The summed E-state index contributed by atoms with van der Waals surface area (Å²) >= 11 is 17.0. The van der Waals surface area contributed by atoms with Crippen molar-refractivity contribution in [2.45, 2.75) is 10.9 Å². The number of hydrogen-bond acceptors (Lipinski definition) is 3. The van der Waals surface area contributed by atoms with Crippen LogP contribution < -0.4 is 0 Å². The highest BCUT2D eigenvalue weighted by molar-refractivity contribution is 6.31. The Labute approximate surface area is 96.3 Å². The van der Waals surface area contributed by atoms with E-state index in [-0.39, 0.29) is 5.23 Å². The van der Waals surface area contributed by atoms with Gasteiger partial charge < -0.3 is 10.4 Å². The van der Waals surface area contributed by atoms with Crippen LogP contribution in [0.5, 0.6) is 0 Å². The number of hydroxylamine groups is 2. The average Bonchev–Trinajstić information content (AvgIpc) is 2.16. The maximum Gasteiger partial charge on any atom is 0.116 e. The van der Waals surface area contributed by atoms with E-state index < -0.39 is 10.9 Å². The van der Waals surface area contributed by atoms with Gasteiger partial charge in [0.25, 0.3) is 0 Å². The molecule has 0 aliphatic rings. The number of hydrogen-bond donors (Lipinski definition) is 1. The van der Waals surface area contributed by atoms with E-state index in [2.05, 4.69) is 0 Å². The molecule has 1 aromatic carbocycles. The summed E-state index contributed by atoms with van der Waals surface area (Å²) in [6, 6.07) is 6.53. The van der Waals surface area contributed by atoms with Crippen molar-refractivity contribution >= 4 is 34.8 Å². The fraction of sp³-hybridized carbons (Fsp3) is 0.250. The molecule has 14 heavy (non-hydrogen) atoms. The summed E-state index contributed by atoms with van der Waals surface area (Å²) in [6.45, 7) is 0. The van der Waals surface area contributed by atoms with Crippen LogP contribution in [0.2, 0.25) is 5.02 Å². The Kier molecular flexibility index (Phi) is 4.44. The highest BCUT2D eigenvalue weighted by atomic mass is 35.5. The molecule has 0 saturated heterocycles. The molecular weight excluding hydrogens is 248 g/mol. The zero-order valence-corrected chi connectivity index (χ0v) is 9.17. The number of halogens is 3. The maximum atomic E-state index is 10.5. The van der Waals surface area contributed by atoms with E-state index in [4.69, 9.17) is 40.0 Å². The van der Waals surface area contributed by atoms with Gasteiger partial charge in [-0.3, -0.25) is 0 Å². The van der Waals surface area contributed by atoms with Gasteiger partial charge in [-0.15, -0.1) is 23.2 Å². The fourth-order valence-electron chi connectivity index (χ4n) is 0.917. The second kappa shape index (κ2) is 5.16. The summed E-state index contributed by atoms with van der Waals surface area (Å²) in [6.07, 6.45) is 0. The molecule has 1 rings (SSSR count). The van der Waals surface area contributed by atoms with Crippen molar-refractivity contribution in [2.75, 3.05) is 0 Å². The molecule has 6 heteroatoms. The van der Waals surface area contributed by atoms with Crippen molar-refractivity contribution in [3.63, 3.8) is 0 Å². The van der Waals surface area contributed by atoms with Crippen LogP contribution in [0.3, 0.4) is 0 Å². The third-order valence-corrected chi connectivity index (χ3v) is 2.93. The summed E-state index contributed by atoms with van der Waals surface area (Å²) in [7, 11) is 0. The molecule has 0 amide bonds. The van der Waals surface area contributed by atoms with Crippen molar-refractivity contribution < 1.29 is 5.21 Å². The number of rotatable bonds is 3. The second-order valence-electron chi connectivity index (χ2n) is 2.63. The Morgan fingerprint density at radius 1 is 1.21 bits per heavy atom. The van der Waals surface area contributed by atoms with Crippen LogP contribution in [0.1, 0.15) is 10.9 Å². The van der Waals surface area contributed by atoms with E-state index in [1.807, 2.05) is 0 Å². The monoisotopic (exact) mass is 254 g/mol. The number of benzene rings is 1. The van der Waals surface area contributed by atoms with Gasteiger partial charge in [-0.2, -0.15) is 0 Å². The van der Waals surface area contributed by atoms with E-state index in [1.54, 1.807) is 24.3 Å². The Hall–Kier alpha value is -0.0300. The minimum atomic E-state index is -1.22. The predicted molar refractivity (Wildman–Crippen MR) is 56.7 cm³/mol. The van der Waals surface area contributed by atoms with Crippen LogP contribution in [-0.4, -0.2) is 15.9 Å². The van der Waals surface area contributed by atoms with Crippen molar-refractivity contribution in [3.8, 4) is 0 Å². The first-order chi connectivity index (χ1) is 6.52. The Bertz CT molecular complexity index is 291. The standard InChI is InChI=1S/C8H7Cl3NO2/c9-6-3-1-5(2-4-6)7(10)8(11)12(13)14/h1-4,7-8,13H/q-1. The van der Waals surface area contributed by atoms with Gasteiger partial charge in [-0.1, -0.05) is 23.7 Å². The lowest BCUT2D eigenvalue weighted by Crippen LogP contribution is -2.25. The van der Waals surface area contributed by atoms with Crippen LogP contribution in [-0.2, 0) is 0 Å². The molecule has 1 N–H and O–H groups in total. The molecule has 0 spiro atoms. The topological polar surface area (TPSA) is 46.5 Å². The Morgan fingerprint density at radius 2 is 1.71 bits per heavy atom. The average molecular weight is 256 g/mol. The molecule has 0 fully saturated rings. The minimum Gasteiger partial charge on any atom is -0.761 e. The molecule has 0 aliphatic carbocycles. The normalized spacial score (nSPS) is 15.6. The van der Waals surface area contributed by atoms with Crippen LogP contribution >= 0.6 is 34.8 Å². The van der Waals surface area contributed by atoms with Crippen molar-refractivity contribution in [2.24, 2.45) is 0 Å². The molecule has 3 nitrogen and oxygen atoms in total. The van der Waals surface area contributed by atoms with Gasteiger partial charge in [-0.05, 0) is 17.7 Å². The highest BCUT2D eigenvalue weighted by Gasteiger charge is 2.19. The molecule has 78 valence electrons. The number of alkyl halides is 2. The lowest BCUT2D eigenvalue weighted by Gasteiger charge is -2.28. The SMILES string of the molecule is [O-]N(O)C(Cl)C(Cl)c1ccc(Cl)cc1. The minimum absolute atomic E-state index is 0.381. The van der Waals surface area contributed by atoms with Gasteiger partial charge in [0.2, 0.25) is 0 Å². The zero-order chi connectivity index (χ0) is 10.7. The molecular formula is C8H7Cl3NO2-. The van der Waals surface area contributed by atoms with E-state index in [9.17, 15) is 5.21 Å². The predicted octanol–water partition coefficient (Wildman–Crippen LogP) is 3.37. The molecule has 2 atom stereocenters. The van der Waals surface area contributed by atoms with Crippen LogP contribution in [0, 0.1) is 5.21 Å². The molecule has 0 bridgehead atoms.